The zero-order chi connectivity index (χ0) is 19.4. The van der Waals surface area contributed by atoms with Crippen LogP contribution in [0.4, 0.5) is 4.39 Å². The Hall–Kier alpha value is -2.89. The van der Waals surface area contributed by atoms with Crippen molar-refractivity contribution in [2.45, 2.75) is 31.9 Å². The van der Waals surface area contributed by atoms with Gasteiger partial charge in [0, 0.05) is 19.9 Å². The Morgan fingerprint density at radius 2 is 1.93 bits per heavy atom. The summed E-state index contributed by atoms with van der Waals surface area (Å²) in [6.07, 6.45) is 0.365. The number of nitrogens with zero attached hydrogens (tertiary/aromatic N) is 2. The van der Waals surface area contributed by atoms with E-state index in [2.05, 4.69) is 5.16 Å². The number of amides is 1. The molecule has 5 nitrogen and oxygen atoms in total. The Bertz CT molecular complexity index is 818. The minimum Gasteiger partial charge on any atom is -0.497 e. The molecule has 142 valence electrons. The van der Waals surface area contributed by atoms with E-state index in [-0.39, 0.29) is 17.8 Å². The average molecular weight is 370 g/mol. The summed E-state index contributed by atoms with van der Waals surface area (Å²) in [5.74, 6) is 0.389. The van der Waals surface area contributed by atoms with E-state index in [1.165, 1.54) is 12.1 Å². The fourth-order valence-electron chi connectivity index (χ4n) is 3.03. The van der Waals surface area contributed by atoms with Gasteiger partial charge in [0.25, 0.3) is 5.91 Å². The van der Waals surface area contributed by atoms with E-state index in [4.69, 9.17) is 9.57 Å². The number of benzene rings is 2. The first-order valence-electron chi connectivity index (χ1n) is 8.84. The summed E-state index contributed by atoms with van der Waals surface area (Å²) in [4.78, 5) is 19.8. The smallest absolute Gasteiger partial charge is 0.267 e. The molecule has 0 aromatic heterocycles. The number of carbonyl (C=O) groups excluding carboxylic acids is 1. The number of methoxy groups -OCH3 is 1. The molecule has 0 unspecified atom stereocenters. The van der Waals surface area contributed by atoms with Crippen LogP contribution in [0.1, 0.15) is 30.5 Å². The Balaban J connectivity index is 1.58. The highest BCUT2D eigenvalue weighted by atomic mass is 19.1. The highest BCUT2D eigenvalue weighted by Gasteiger charge is 2.32. The molecule has 0 aliphatic carbocycles. The van der Waals surface area contributed by atoms with E-state index in [0.29, 0.717) is 12.8 Å². The normalized spacial score (nSPS) is 17.0. The fourth-order valence-corrected chi connectivity index (χ4v) is 3.03. The molecule has 0 radical (unpaired) electrons. The largest absolute Gasteiger partial charge is 0.497 e. The third kappa shape index (κ3) is 4.45. The number of halogens is 1. The molecule has 0 spiro atoms. The lowest BCUT2D eigenvalue weighted by molar-refractivity contribution is -0.142. The molecule has 1 heterocycles. The molecule has 6 heteroatoms. The van der Waals surface area contributed by atoms with Crippen LogP contribution in [0, 0.1) is 5.82 Å². The minimum absolute atomic E-state index is 0.104. The Labute approximate surface area is 158 Å². The van der Waals surface area contributed by atoms with Gasteiger partial charge in [-0.1, -0.05) is 29.4 Å². The van der Waals surface area contributed by atoms with Gasteiger partial charge in [0.2, 0.25) is 6.10 Å². The number of rotatable bonds is 6. The van der Waals surface area contributed by atoms with Crippen molar-refractivity contribution in [3.63, 3.8) is 0 Å². The van der Waals surface area contributed by atoms with Crippen molar-refractivity contribution in [2.75, 3.05) is 14.2 Å². The molecule has 2 atom stereocenters. The molecule has 0 saturated heterocycles. The van der Waals surface area contributed by atoms with Crippen LogP contribution in [0.5, 0.6) is 5.75 Å². The van der Waals surface area contributed by atoms with Crippen LogP contribution in [0.15, 0.2) is 53.7 Å². The second-order valence-corrected chi connectivity index (χ2v) is 6.66. The van der Waals surface area contributed by atoms with Crippen molar-refractivity contribution < 1.29 is 18.8 Å². The van der Waals surface area contributed by atoms with Gasteiger partial charge < -0.3 is 14.5 Å². The van der Waals surface area contributed by atoms with Crippen molar-refractivity contribution in [3.05, 3.63) is 65.5 Å². The maximum atomic E-state index is 13.0. The Morgan fingerprint density at radius 3 is 2.56 bits per heavy atom. The molecule has 1 amide bonds. The third-order valence-corrected chi connectivity index (χ3v) is 4.85. The molecule has 0 fully saturated rings. The van der Waals surface area contributed by atoms with Gasteiger partial charge in [-0.25, -0.2) is 4.39 Å². The average Bonchev–Trinajstić information content (AvgIpc) is 3.16. The van der Waals surface area contributed by atoms with Crippen molar-refractivity contribution >= 4 is 11.6 Å². The molecule has 1 aliphatic rings. The molecular formula is C21H23FN2O3. The second kappa shape index (κ2) is 8.20. The predicted molar refractivity (Wildman–Crippen MR) is 101 cm³/mol. The molecule has 2 aromatic carbocycles. The van der Waals surface area contributed by atoms with E-state index in [9.17, 15) is 9.18 Å². The van der Waals surface area contributed by atoms with E-state index in [0.717, 1.165) is 22.6 Å². The number of hydrogen-bond acceptors (Lipinski definition) is 4. The number of hydrogen-bond donors (Lipinski definition) is 0. The molecule has 0 N–H and O–H groups in total. The minimum atomic E-state index is -0.619. The maximum Gasteiger partial charge on any atom is 0.267 e. The zero-order valence-corrected chi connectivity index (χ0v) is 15.7. The van der Waals surface area contributed by atoms with E-state index >= 15 is 0 Å². The molecule has 0 bridgehead atoms. The summed E-state index contributed by atoms with van der Waals surface area (Å²) < 4.78 is 18.2. The first-order chi connectivity index (χ1) is 13.0. The summed E-state index contributed by atoms with van der Waals surface area (Å²) in [7, 11) is 3.38. The number of carbonyl (C=O) groups is 1. The lowest BCUT2D eigenvalue weighted by Gasteiger charge is -2.27. The Kier molecular flexibility index (Phi) is 5.74. The van der Waals surface area contributed by atoms with Crippen LogP contribution < -0.4 is 4.74 Å². The van der Waals surface area contributed by atoms with Gasteiger partial charge in [0.05, 0.1) is 18.9 Å². The molecule has 27 heavy (non-hydrogen) atoms. The van der Waals surface area contributed by atoms with E-state index in [1.807, 2.05) is 31.2 Å². The van der Waals surface area contributed by atoms with E-state index in [1.54, 1.807) is 31.2 Å². The van der Waals surface area contributed by atoms with Gasteiger partial charge in [-0.15, -0.1) is 0 Å². The SMILES string of the molecule is COc1ccc([C@H](C)N(C)C(=O)[C@@H]2CC(Cc3ccc(F)cc3)=NO2)cc1. The lowest BCUT2D eigenvalue weighted by Crippen LogP contribution is -2.38. The Morgan fingerprint density at radius 1 is 1.26 bits per heavy atom. The maximum absolute atomic E-state index is 13.0. The summed E-state index contributed by atoms with van der Waals surface area (Å²) in [6, 6.07) is 13.8. The lowest BCUT2D eigenvalue weighted by atomic mass is 10.0. The standard InChI is InChI=1S/C21H23FN2O3/c1-14(16-6-10-19(26-3)11-7-16)24(2)21(25)20-13-18(23-27-20)12-15-4-8-17(22)9-5-15/h4-11,14,20H,12-13H2,1-3H3/t14-,20-/m0/s1. The van der Waals surface area contributed by atoms with Crippen LogP contribution in [0.25, 0.3) is 0 Å². The van der Waals surface area contributed by atoms with Gasteiger partial charge in [-0.3, -0.25) is 4.79 Å². The van der Waals surface area contributed by atoms with Gasteiger partial charge in [0.1, 0.15) is 11.6 Å². The quantitative estimate of drug-likeness (QED) is 0.778. The first-order valence-corrected chi connectivity index (χ1v) is 8.84. The monoisotopic (exact) mass is 370 g/mol. The highest BCUT2D eigenvalue weighted by molar-refractivity contribution is 5.94. The fraction of sp³-hybridized carbons (Fsp3) is 0.333. The van der Waals surface area contributed by atoms with Gasteiger partial charge in [-0.05, 0) is 42.3 Å². The van der Waals surface area contributed by atoms with Crippen LogP contribution in [0.2, 0.25) is 0 Å². The van der Waals surface area contributed by atoms with Gasteiger partial charge in [0.15, 0.2) is 0 Å². The van der Waals surface area contributed by atoms with E-state index < -0.39 is 6.10 Å². The van der Waals surface area contributed by atoms with Crippen molar-refractivity contribution in [3.8, 4) is 5.75 Å². The summed E-state index contributed by atoms with van der Waals surface area (Å²) in [5, 5.41) is 4.05. The molecule has 1 aliphatic heterocycles. The number of likely N-dealkylation sites (N-methyl/N-ethyl adjacent to an activating group) is 1. The highest BCUT2D eigenvalue weighted by Crippen LogP contribution is 2.24. The summed E-state index contributed by atoms with van der Waals surface area (Å²) in [5.41, 5.74) is 2.73. The summed E-state index contributed by atoms with van der Waals surface area (Å²) >= 11 is 0. The zero-order valence-electron chi connectivity index (χ0n) is 15.7. The number of ether oxygens (including phenoxy) is 1. The summed E-state index contributed by atoms with van der Waals surface area (Å²) in [6.45, 7) is 1.97. The van der Waals surface area contributed by atoms with Crippen LogP contribution in [-0.2, 0) is 16.1 Å². The van der Waals surface area contributed by atoms with Crippen LogP contribution >= 0.6 is 0 Å². The van der Waals surface area contributed by atoms with Crippen molar-refractivity contribution in [1.82, 2.24) is 4.90 Å². The predicted octanol–water partition coefficient (Wildman–Crippen LogP) is 3.74. The first kappa shape index (κ1) is 18.9. The molecule has 0 saturated carbocycles. The third-order valence-electron chi connectivity index (χ3n) is 4.85. The second-order valence-electron chi connectivity index (χ2n) is 6.66. The van der Waals surface area contributed by atoms with Crippen molar-refractivity contribution in [1.29, 1.82) is 0 Å². The van der Waals surface area contributed by atoms with Crippen LogP contribution in [-0.4, -0.2) is 36.8 Å². The van der Waals surface area contributed by atoms with Crippen molar-refractivity contribution in [2.24, 2.45) is 5.16 Å². The molecular weight excluding hydrogens is 347 g/mol. The van der Waals surface area contributed by atoms with Gasteiger partial charge in [-0.2, -0.15) is 0 Å². The molecule has 2 aromatic rings. The van der Waals surface area contributed by atoms with Gasteiger partial charge >= 0.3 is 0 Å². The number of oxime groups is 1. The van der Waals surface area contributed by atoms with Crippen LogP contribution in [0.3, 0.4) is 0 Å². The topological polar surface area (TPSA) is 51.1 Å². The molecule has 3 rings (SSSR count).